The van der Waals surface area contributed by atoms with Gasteiger partial charge < -0.3 is 0 Å². The van der Waals surface area contributed by atoms with Gasteiger partial charge in [0.05, 0.1) is 10.6 Å². The molecule has 0 fully saturated rings. The molecule has 0 bridgehead atoms. The lowest BCUT2D eigenvalue weighted by Crippen LogP contribution is -2.03. The largest absolute Gasteiger partial charge is 0.294 e. The second-order valence-corrected chi connectivity index (χ2v) is 4.88. The van der Waals surface area contributed by atoms with E-state index in [4.69, 9.17) is 12.2 Å². The molecule has 14 heavy (non-hydrogen) atoms. The second kappa shape index (κ2) is 5.94. The number of thioether (sulfide) groups is 1. The summed E-state index contributed by atoms with van der Waals surface area (Å²) >= 11 is 6.64. The summed E-state index contributed by atoms with van der Waals surface area (Å²) in [6.07, 6.45) is 0.373. The van der Waals surface area contributed by atoms with Gasteiger partial charge in [0.1, 0.15) is 0 Å². The lowest BCUT2D eigenvalue weighted by molar-refractivity contribution is 0.100. The number of Topliss-reactive ketones (excluding diaryl/α,β-unsaturated/α-hetero) is 1. The molecule has 1 nitrogen and oxygen atoms in total. The smallest absolute Gasteiger partial charge is 0.168 e. The molecule has 3 heteroatoms. The van der Waals surface area contributed by atoms with Crippen LogP contribution in [0.2, 0.25) is 0 Å². The Balaban J connectivity index is 2.55. The van der Waals surface area contributed by atoms with Crippen LogP contribution >= 0.6 is 24.0 Å². The van der Waals surface area contributed by atoms with Gasteiger partial charge in [-0.15, -0.1) is 11.8 Å². The summed E-state index contributed by atoms with van der Waals surface area (Å²) in [5.74, 6) is 1.04. The van der Waals surface area contributed by atoms with Crippen LogP contribution in [0.1, 0.15) is 23.7 Å². The first kappa shape index (κ1) is 11.4. The fourth-order valence-electron chi connectivity index (χ4n) is 1.07. The zero-order valence-electron chi connectivity index (χ0n) is 8.03. The van der Waals surface area contributed by atoms with E-state index in [0.29, 0.717) is 6.42 Å². The van der Waals surface area contributed by atoms with Gasteiger partial charge >= 0.3 is 0 Å². The summed E-state index contributed by atoms with van der Waals surface area (Å²) in [6.45, 7) is 2.03. The monoisotopic (exact) mass is 224 g/mol. The van der Waals surface area contributed by atoms with E-state index in [1.165, 1.54) is 0 Å². The Kier molecular flexibility index (Phi) is 4.84. The van der Waals surface area contributed by atoms with E-state index in [0.717, 1.165) is 15.5 Å². The normalized spacial score (nSPS) is 9.79. The summed E-state index contributed by atoms with van der Waals surface area (Å²) in [5.41, 5.74) is 0.742. The number of carbonyl (C=O) groups excluding carboxylic acids is 1. The van der Waals surface area contributed by atoms with Crippen molar-refractivity contribution in [2.75, 3.05) is 5.75 Å². The molecule has 0 saturated carbocycles. The van der Waals surface area contributed by atoms with E-state index >= 15 is 0 Å². The average molecular weight is 224 g/mol. The minimum Gasteiger partial charge on any atom is -0.294 e. The number of hydrogen-bond acceptors (Lipinski definition) is 3. The third kappa shape index (κ3) is 3.60. The molecule has 0 amide bonds. The quantitative estimate of drug-likeness (QED) is 0.577. The highest BCUT2D eigenvalue weighted by Crippen LogP contribution is 2.11. The number of hydrogen-bond donors (Lipinski definition) is 0. The Morgan fingerprint density at radius 3 is 2.57 bits per heavy atom. The van der Waals surface area contributed by atoms with Gasteiger partial charge in [-0.1, -0.05) is 49.5 Å². The van der Waals surface area contributed by atoms with E-state index in [1.54, 1.807) is 11.8 Å². The maximum Gasteiger partial charge on any atom is 0.168 e. The van der Waals surface area contributed by atoms with E-state index in [1.807, 2.05) is 37.3 Å². The molecule has 0 heterocycles. The highest BCUT2D eigenvalue weighted by atomic mass is 32.2. The van der Waals surface area contributed by atoms with E-state index in [2.05, 4.69) is 0 Å². The van der Waals surface area contributed by atoms with Crippen molar-refractivity contribution in [2.45, 2.75) is 13.3 Å². The van der Waals surface area contributed by atoms with Crippen LogP contribution in [0.3, 0.4) is 0 Å². The molecule has 0 saturated heterocycles. The molecule has 74 valence electrons. The van der Waals surface area contributed by atoms with Crippen LogP contribution in [0, 0.1) is 0 Å². The van der Waals surface area contributed by atoms with Crippen molar-refractivity contribution in [2.24, 2.45) is 0 Å². The van der Waals surface area contributed by atoms with Crippen molar-refractivity contribution in [3.05, 3.63) is 35.9 Å². The highest BCUT2D eigenvalue weighted by molar-refractivity contribution is 8.23. The second-order valence-electron chi connectivity index (χ2n) is 2.77. The van der Waals surface area contributed by atoms with Gasteiger partial charge in [0.25, 0.3) is 0 Å². The Bertz CT molecular complexity index is 319. The zero-order chi connectivity index (χ0) is 10.4. The van der Waals surface area contributed by atoms with Gasteiger partial charge in [0.15, 0.2) is 5.78 Å². The summed E-state index contributed by atoms with van der Waals surface area (Å²) in [5, 5.41) is 0. The minimum atomic E-state index is 0.108. The number of carbonyl (C=O) groups is 1. The van der Waals surface area contributed by atoms with Crippen molar-refractivity contribution < 1.29 is 4.79 Å². The number of ketones is 1. The molecule has 1 rings (SSSR count). The molecule has 0 unspecified atom stereocenters. The number of benzene rings is 1. The van der Waals surface area contributed by atoms with Gasteiger partial charge in [0.2, 0.25) is 0 Å². The van der Waals surface area contributed by atoms with Gasteiger partial charge in [-0.05, 0) is 5.75 Å². The first-order chi connectivity index (χ1) is 6.74. The Morgan fingerprint density at radius 1 is 1.36 bits per heavy atom. The molecular weight excluding hydrogens is 212 g/mol. The minimum absolute atomic E-state index is 0.108. The lowest BCUT2D eigenvalue weighted by atomic mass is 10.1. The van der Waals surface area contributed by atoms with E-state index in [-0.39, 0.29) is 5.78 Å². The summed E-state index contributed by atoms with van der Waals surface area (Å²) in [6, 6.07) is 9.27. The molecule has 0 radical (unpaired) electrons. The molecule has 0 aliphatic carbocycles. The standard InChI is InChI=1S/C11H12OS2/c1-2-14-11(13)8-10(12)9-6-4-3-5-7-9/h3-7H,2,8H2,1H3. The van der Waals surface area contributed by atoms with Gasteiger partial charge in [0, 0.05) is 5.56 Å². The SMILES string of the molecule is CCSC(=S)CC(=O)c1ccccc1. The molecule has 0 aliphatic rings. The van der Waals surface area contributed by atoms with Gasteiger partial charge in [-0.2, -0.15) is 0 Å². The highest BCUT2D eigenvalue weighted by Gasteiger charge is 2.07. The number of rotatable bonds is 4. The zero-order valence-corrected chi connectivity index (χ0v) is 9.66. The van der Waals surface area contributed by atoms with Crippen molar-refractivity contribution in [1.29, 1.82) is 0 Å². The predicted octanol–water partition coefficient (Wildman–Crippen LogP) is 3.34. The van der Waals surface area contributed by atoms with Crippen molar-refractivity contribution in [3.63, 3.8) is 0 Å². The topological polar surface area (TPSA) is 17.1 Å². The fourth-order valence-corrected chi connectivity index (χ4v) is 2.11. The van der Waals surface area contributed by atoms with Crippen LogP contribution in [0.5, 0.6) is 0 Å². The van der Waals surface area contributed by atoms with Crippen LogP contribution in [0.4, 0.5) is 0 Å². The molecule has 1 aromatic carbocycles. The number of thiocarbonyl (C=S) groups is 1. The third-order valence-corrected chi connectivity index (χ3v) is 2.96. The molecule has 0 atom stereocenters. The molecule has 1 aromatic rings. The fraction of sp³-hybridized carbons (Fsp3) is 0.273. The summed E-state index contributed by atoms with van der Waals surface area (Å²) in [7, 11) is 0. The first-order valence-corrected chi connectivity index (χ1v) is 5.87. The van der Waals surface area contributed by atoms with Crippen molar-refractivity contribution in [1.82, 2.24) is 0 Å². The molecule has 0 N–H and O–H groups in total. The molecular formula is C11H12OS2. The third-order valence-electron chi connectivity index (χ3n) is 1.71. The lowest BCUT2D eigenvalue weighted by Gasteiger charge is -2.00. The molecule has 0 aliphatic heterocycles. The van der Waals surface area contributed by atoms with Crippen LogP contribution in [-0.2, 0) is 0 Å². The van der Waals surface area contributed by atoms with E-state index in [9.17, 15) is 4.79 Å². The maximum absolute atomic E-state index is 11.6. The van der Waals surface area contributed by atoms with E-state index < -0.39 is 0 Å². The molecule has 0 spiro atoms. The summed E-state index contributed by atoms with van der Waals surface area (Å²) < 4.78 is 0.779. The Labute approximate surface area is 93.9 Å². The molecule has 0 aromatic heterocycles. The van der Waals surface area contributed by atoms with Crippen molar-refractivity contribution in [3.8, 4) is 0 Å². The van der Waals surface area contributed by atoms with Crippen molar-refractivity contribution >= 4 is 34.0 Å². The predicted molar refractivity (Wildman–Crippen MR) is 66.1 cm³/mol. The van der Waals surface area contributed by atoms with Crippen LogP contribution < -0.4 is 0 Å². The average Bonchev–Trinajstić information content (AvgIpc) is 2.19. The Morgan fingerprint density at radius 2 is 2.00 bits per heavy atom. The van der Waals surface area contributed by atoms with Crippen LogP contribution in [-0.4, -0.2) is 15.7 Å². The van der Waals surface area contributed by atoms with Gasteiger partial charge in [-0.25, -0.2) is 0 Å². The van der Waals surface area contributed by atoms with Crippen LogP contribution in [0.15, 0.2) is 30.3 Å². The Hall–Kier alpha value is -0.670. The summed E-state index contributed by atoms with van der Waals surface area (Å²) in [4.78, 5) is 11.6. The maximum atomic E-state index is 11.6. The van der Waals surface area contributed by atoms with Crippen LogP contribution in [0.25, 0.3) is 0 Å². The first-order valence-electron chi connectivity index (χ1n) is 4.48. The van der Waals surface area contributed by atoms with Gasteiger partial charge in [-0.3, -0.25) is 4.79 Å².